The molecule has 222 valence electrons. The minimum absolute atomic E-state index is 0.0909. The highest BCUT2D eigenvalue weighted by atomic mass is 32.2. The van der Waals surface area contributed by atoms with Crippen LogP contribution in [0.4, 0.5) is 10.9 Å². The molecule has 0 spiro atoms. The maximum atomic E-state index is 13.3. The molecule has 1 aromatic carbocycles. The summed E-state index contributed by atoms with van der Waals surface area (Å²) in [5, 5.41) is 24.8. The zero-order valence-corrected chi connectivity index (χ0v) is 24.4. The molecule has 1 aliphatic heterocycles. The Hall–Kier alpha value is -4.12. The Morgan fingerprint density at radius 1 is 1.24 bits per heavy atom. The average molecular weight is 616 g/mol. The second-order valence-electron chi connectivity index (χ2n) is 9.01. The number of nitrogens with one attached hydrogen (secondary N) is 1. The Bertz CT molecular complexity index is 1580. The Balaban J connectivity index is 1.44. The number of anilines is 2. The van der Waals surface area contributed by atoms with Crippen LogP contribution < -0.4 is 30.9 Å². The third kappa shape index (κ3) is 6.35. The van der Waals surface area contributed by atoms with Crippen molar-refractivity contribution in [1.29, 1.82) is 0 Å². The Morgan fingerprint density at radius 2 is 2.02 bits per heavy atom. The Labute approximate surface area is 248 Å². The summed E-state index contributed by atoms with van der Waals surface area (Å²) in [4.78, 5) is 28.7. The topological polar surface area (TPSA) is 180 Å². The molecular weight excluding hydrogens is 586 g/mol. The van der Waals surface area contributed by atoms with E-state index in [-0.39, 0.29) is 40.7 Å². The van der Waals surface area contributed by atoms with Gasteiger partial charge in [0.25, 0.3) is 5.91 Å². The normalized spacial score (nSPS) is 15.4. The number of nitrogens with zero attached hydrogens (tertiary/aromatic N) is 5. The van der Waals surface area contributed by atoms with Crippen LogP contribution in [0.25, 0.3) is 16.3 Å². The zero-order chi connectivity index (χ0) is 29.6. The van der Waals surface area contributed by atoms with Crippen LogP contribution in [0.5, 0.6) is 17.2 Å². The first kappa shape index (κ1) is 29.4. The summed E-state index contributed by atoms with van der Waals surface area (Å²) >= 11 is 2.77. The van der Waals surface area contributed by atoms with E-state index in [0.29, 0.717) is 41.1 Å². The summed E-state index contributed by atoms with van der Waals surface area (Å²) in [6, 6.07) is 8.16. The van der Waals surface area contributed by atoms with Gasteiger partial charge >= 0.3 is 5.63 Å². The molecule has 1 fully saturated rings. The van der Waals surface area contributed by atoms with Crippen LogP contribution in [0, 0.1) is 0 Å². The number of aliphatic hydroxyl groups is 1. The van der Waals surface area contributed by atoms with Gasteiger partial charge in [-0.15, -0.1) is 10.2 Å². The molecule has 0 saturated carbocycles. The van der Waals surface area contributed by atoms with E-state index in [1.807, 2.05) is 0 Å². The number of thioether (sulfide) groups is 1. The number of hydrogen-bond acceptors (Lipinski definition) is 14. The van der Waals surface area contributed by atoms with Crippen molar-refractivity contribution in [3.8, 4) is 33.5 Å². The smallest absolute Gasteiger partial charge is 0.379 e. The van der Waals surface area contributed by atoms with Crippen molar-refractivity contribution in [2.75, 3.05) is 63.9 Å². The van der Waals surface area contributed by atoms with E-state index in [0.717, 1.165) is 23.6 Å². The van der Waals surface area contributed by atoms with E-state index in [1.165, 1.54) is 31.2 Å². The first-order valence-electron chi connectivity index (χ1n) is 12.8. The molecule has 4 N–H and O–H groups in total. The molecule has 1 amide bonds. The van der Waals surface area contributed by atoms with Gasteiger partial charge in [0.1, 0.15) is 23.9 Å². The van der Waals surface area contributed by atoms with Crippen LogP contribution in [0.2, 0.25) is 0 Å². The summed E-state index contributed by atoms with van der Waals surface area (Å²) in [5.41, 5.74) is 5.70. The number of rotatable bonds is 11. The number of aliphatic hydroxyl groups excluding tert-OH is 1. The first-order chi connectivity index (χ1) is 20.4. The lowest BCUT2D eigenvalue weighted by Crippen LogP contribution is -2.41. The predicted molar refractivity (Wildman–Crippen MR) is 158 cm³/mol. The lowest BCUT2D eigenvalue weighted by molar-refractivity contribution is 0.0991. The van der Waals surface area contributed by atoms with Crippen molar-refractivity contribution < 1.29 is 28.5 Å². The molecule has 1 atom stereocenters. The number of ether oxygens (including phenoxy) is 3. The van der Waals surface area contributed by atoms with Gasteiger partial charge < -0.3 is 29.5 Å². The molecule has 5 rings (SSSR count). The second kappa shape index (κ2) is 13.2. The average Bonchev–Trinajstić information content (AvgIpc) is 3.65. The fraction of sp³-hybridized carbons (Fsp3) is 0.346. The van der Waals surface area contributed by atoms with E-state index in [1.54, 1.807) is 36.0 Å². The lowest BCUT2D eigenvalue weighted by Gasteiger charge is -2.31. The number of benzene rings is 1. The van der Waals surface area contributed by atoms with E-state index in [4.69, 9.17) is 24.4 Å². The monoisotopic (exact) mass is 615 g/mol. The van der Waals surface area contributed by atoms with Crippen LogP contribution in [0.3, 0.4) is 0 Å². The van der Waals surface area contributed by atoms with Crippen molar-refractivity contribution in [2.45, 2.75) is 5.25 Å². The summed E-state index contributed by atoms with van der Waals surface area (Å²) in [7, 11) is 2.98. The van der Waals surface area contributed by atoms with Crippen molar-refractivity contribution >= 4 is 40.0 Å². The third-order valence-corrected chi connectivity index (χ3v) is 8.40. The van der Waals surface area contributed by atoms with Crippen molar-refractivity contribution in [3.63, 3.8) is 0 Å². The molecule has 0 bridgehead atoms. The number of methoxy groups -OCH3 is 2. The van der Waals surface area contributed by atoms with Crippen LogP contribution in [0.1, 0.15) is 10.6 Å². The highest BCUT2D eigenvalue weighted by Gasteiger charge is 2.26. The van der Waals surface area contributed by atoms with Crippen LogP contribution in [-0.2, 0) is 0 Å². The fourth-order valence-electron chi connectivity index (χ4n) is 4.39. The van der Waals surface area contributed by atoms with Crippen LogP contribution >= 0.6 is 23.1 Å². The van der Waals surface area contributed by atoms with Gasteiger partial charge in [-0.3, -0.25) is 15.0 Å². The maximum Gasteiger partial charge on any atom is 0.379 e. The molecule has 14 nitrogen and oxygen atoms in total. The minimum Gasteiger partial charge on any atom is -0.496 e. The highest BCUT2D eigenvalue weighted by molar-refractivity contribution is 8.00. The number of carbonyl (C=O) groups is 1. The number of nitrogen functional groups attached to an aromatic ring is 1. The zero-order valence-electron chi connectivity index (χ0n) is 22.8. The maximum absolute atomic E-state index is 13.3. The van der Waals surface area contributed by atoms with Gasteiger partial charge in [0.05, 0.1) is 32.6 Å². The van der Waals surface area contributed by atoms with Crippen molar-refractivity contribution in [1.82, 2.24) is 24.9 Å². The molecule has 4 aromatic rings. The van der Waals surface area contributed by atoms with Crippen molar-refractivity contribution in [2.24, 2.45) is 0 Å². The third-order valence-electron chi connectivity index (χ3n) is 6.40. The molecular formula is C26H29N7O7S2. The van der Waals surface area contributed by atoms with Crippen LogP contribution in [-0.4, -0.2) is 94.0 Å². The number of hydrogen-bond donors (Lipinski definition) is 3. The number of nitrogens with two attached hydrogens (primary N) is 1. The van der Waals surface area contributed by atoms with E-state index >= 15 is 0 Å². The van der Waals surface area contributed by atoms with E-state index in [2.05, 4.69) is 25.5 Å². The summed E-state index contributed by atoms with van der Waals surface area (Å²) in [5.74, 6) is 0.948. The number of amides is 1. The molecule has 0 unspecified atom stereocenters. The summed E-state index contributed by atoms with van der Waals surface area (Å²) < 4.78 is 23.9. The minimum atomic E-state index is -0.852. The Kier molecular flexibility index (Phi) is 9.26. The number of carbonyl (C=O) groups excluding carboxylic acids is 1. The first-order valence-corrected chi connectivity index (χ1v) is 14.7. The van der Waals surface area contributed by atoms with Gasteiger partial charge in [-0.1, -0.05) is 17.4 Å². The van der Waals surface area contributed by atoms with Gasteiger partial charge in [0, 0.05) is 42.3 Å². The molecule has 0 aliphatic carbocycles. The summed E-state index contributed by atoms with van der Waals surface area (Å²) in [6.07, 6.45) is 1.51. The van der Waals surface area contributed by atoms with E-state index in [9.17, 15) is 14.7 Å². The largest absolute Gasteiger partial charge is 0.496 e. The predicted octanol–water partition coefficient (Wildman–Crippen LogP) is 1.98. The van der Waals surface area contributed by atoms with Gasteiger partial charge in [-0.05, 0) is 18.2 Å². The second-order valence-corrected chi connectivity index (χ2v) is 11.4. The van der Waals surface area contributed by atoms with Gasteiger partial charge in [-0.25, -0.2) is 4.79 Å². The fourth-order valence-corrected chi connectivity index (χ4v) is 6.23. The molecule has 1 aliphatic rings. The van der Waals surface area contributed by atoms with Gasteiger partial charge in [0.2, 0.25) is 16.0 Å². The molecule has 4 heterocycles. The molecule has 3 aromatic heterocycles. The van der Waals surface area contributed by atoms with Gasteiger partial charge in [-0.2, -0.15) is 21.5 Å². The molecule has 16 heteroatoms. The standard InChI is InChI=1S/C26H29N7O7S2/c1-37-17-4-3-5-18(38-2)21(17)16-12-19(23(35)29-25-30-31-26(42-25)33-20(27)6-7-28-33)40-24(36)22(16)39-10-8-32-9-11-41-15(13-32)14-34/h3-7,12,15,34H,8-11,13-14,27H2,1-2H3,(H,29,30,35)/t15-/m1/s1. The highest BCUT2D eigenvalue weighted by Crippen LogP contribution is 2.42. The molecule has 0 radical (unpaired) electrons. The lowest BCUT2D eigenvalue weighted by atomic mass is 10.0. The summed E-state index contributed by atoms with van der Waals surface area (Å²) in [6.45, 7) is 2.36. The quantitative estimate of drug-likeness (QED) is 0.223. The number of aromatic nitrogens is 4. The molecule has 42 heavy (non-hydrogen) atoms. The van der Waals surface area contributed by atoms with Crippen LogP contribution in [0.15, 0.2) is 45.7 Å². The Morgan fingerprint density at radius 3 is 2.71 bits per heavy atom. The SMILES string of the molecule is COc1cccc(OC)c1-c1cc(C(=O)Nc2nnc(-n3nccc3N)s2)oc(=O)c1OCCN1CCS[C@@H](CO)C1. The van der Waals surface area contributed by atoms with Crippen molar-refractivity contribution in [3.05, 3.63) is 52.7 Å². The molecule has 1 saturated heterocycles. The van der Waals surface area contributed by atoms with E-state index < -0.39 is 11.5 Å². The van der Waals surface area contributed by atoms with Gasteiger partial charge in [0.15, 0.2) is 5.76 Å².